The van der Waals surface area contributed by atoms with Gasteiger partial charge < -0.3 is 27.2 Å². The molecule has 1 aliphatic carbocycles. The molecule has 0 atom stereocenters. The summed E-state index contributed by atoms with van der Waals surface area (Å²) in [6.45, 7) is 0.873. The smallest absolute Gasteiger partial charge is 0.127 e. The van der Waals surface area contributed by atoms with Gasteiger partial charge in [-0.05, 0) is 18.9 Å². The Morgan fingerprint density at radius 1 is 1.25 bits per heavy atom. The Balaban J connectivity index is 0.00000128. The van der Waals surface area contributed by atoms with Crippen LogP contribution in [0.2, 0.25) is 0 Å². The number of halogens is 1. The van der Waals surface area contributed by atoms with E-state index in [1.807, 2.05) is 18.2 Å². The Hall–Kier alpha value is -0.930. The van der Waals surface area contributed by atoms with Crippen LogP contribution in [0, 0.1) is 0 Å². The number of methoxy groups -OCH3 is 2. The van der Waals surface area contributed by atoms with Gasteiger partial charge in [0.15, 0.2) is 0 Å². The van der Waals surface area contributed by atoms with Gasteiger partial charge in [0.2, 0.25) is 0 Å². The number of rotatable bonds is 5. The quantitative estimate of drug-likeness (QED) is 0.716. The first-order chi connectivity index (χ1) is 7.33. The molecule has 0 saturated heterocycles. The first kappa shape index (κ1) is 13.1. The molecule has 1 N–H and O–H groups in total. The van der Waals surface area contributed by atoms with Crippen LogP contribution in [0.15, 0.2) is 18.2 Å². The van der Waals surface area contributed by atoms with Gasteiger partial charge in [-0.1, -0.05) is 6.07 Å². The van der Waals surface area contributed by atoms with Crippen molar-refractivity contribution in [1.29, 1.82) is 0 Å². The van der Waals surface area contributed by atoms with Crippen molar-refractivity contribution in [2.45, 2.75) is 25.4 Å². The van der Waals surface area contributed by atoms with Crippen molar-refractivity contribution >= 4 is 0 Å². The zero-order valence-corrected chi connectivity index (χ0v) is 10.4. The fourth-order valence-corrected chi connectivity index (χ4v) is 1.54. The van der Waals surface area contributed by atoms with Crippen molar-refractivity contribution in [3.05, 3.63) is 23.8 Å². The Morgan fingerprint density at radius 2 is 2.00 bits per heavy atom. The highest BCUT2D eigenvalue weighted by molar-refractivity contribution is 5.40. The standard InChI is InChI=1S/C12H17NO2.ClH/c1-14-11-6-3-9(12(7-11)15-2)8-13-10-4-5-10;/h3,6-7,10,13H,4-5,8H2,1-2H3;1H/p-1. The van der Waals surface area contributed by atoms with Crippen LogP contribution < -0.4 is 27.2 Å². The Labute approximate surface area is 103 Å². The number of ether oxygens (including phenoxy) is 2. The third-order valence-electron chi connectivity index (χ3n) is 2.65. The van der Waals surface area contributed by atoms with Crippen molar-refractivity contribution in [1.82, 2.24) is 5.32 Å². The molecule has 1 aromatic rings. The van der Waals surface area contributed by atoms with E-state index in [0.717, 1.165) is 24.1 Å². The second kappa shape index (κ2) is 5.97. The lowest BCUT2D eigenvalue weighted by atomic mass is 10.2. The first-order valence-corrected chi connectivity index (χ1v) is 5.28. The summed E-state index contributed by atoms with van der Waals surface area (Å²) in [5.74, 6) is 1.73. The number of nitrogens with one attached hydrogen (secondary N) is 1. The summed E-state index contributed by atoms with van der Waals surface area (Å²) in [7, 11) is 3.35. The molecule has 0 bridgehead atoms. The Morgan fingerprint density at radius 3 is 2.56 bits per heavy atom. The molecule has 0 aromatic heterocycles. The van der Waals surface area contributed by atoms with E-state index in [0.29, 0.717) is 0 Å². The lowest BCUT2D eigenvalue weighted by Gasteiger charge is -2.10. The third kappa shape index (κ3) is 3.29. The molecule has 2 rings (SSSR count). The summed E-state index contributed by atoms with van der Waals surface area (Å²) in [4.78, 5) is 0. The van der Waals surface area contributed by atoms with Gasteiger partial charge in [-0.15, -0.1) is 0 Å². The SMILES string of the molecule is COc1ccc(CNC2CC2)c(OC)c1.[Cl-]. The monoisotopic (exact) mass is 242 g/mol. The average molecular weight is 243 g/mol. The summed E-state index contributed by atoms with van der Waals surface area (Å²) >= 11 is 0. The molecule has 16 heavy (non-hydrogen) atoms. The molecule has 1 aliphatic rings. The largest absolute Gasteiger partial charge is 1.00 e. The number of benzene rings is 1. The number of hydrogen-bond acceptors (Lipinski definition) is 3. The zero-order valence-electron chi connectivity index (χ0n) is 9.63. The van der Waals surface area contributed by atoms with E-state index in [4.69, 9.17) is 9.47 Å². The second-order valence-corrected chi connectivity index (χ2v) is 3.83. The predicted octanol–water partition coefficient (Wildman–Crippen LogP) is -1.04. The van der Waals surface area contributed by atoms with E-state index in [9.17, 15) is 0 Å². The average Bonchev–Trinajstić information content (AvgIpc) is 3.10. The van der Waals surface area contributed by atoms with Crippen molar-refractivity contribution in [3.63, 3.8) is 0 Å². The molecule has 0 unspecified atom stereocenters. The van der Waals surface area contributed by atoms with Crippen molar-refractivity contribution < 1.29 is 21.9 Å². The minimum absolute atomic E-state index is 0. The molecule has 4 heteroatoms. The van der Waals surface area contributed by atoms with Crippen LogP contribution in [0.1, 0.15) is 18.4 Å². The summed E-state index contributed by atoms with van der Waals surface area (Å²) < 4.78 is 10.5. The lowest BCUT2D eigenvalue weighted by molar-refractivity contribution is -0.00000380. The molecule has 0 heterocycles. The van der Waals surface area contributed by atoms with E-state index < -0.39 is 0 Å². The number of hydrogen-bond donors (Lipinski definition) is 1. The van der Waals surface area contributed by atoms with Crippen LogP contribution in [0.4, 0.5) is 0 Å². The van der Waals surface area contributed by atoms with Crippen LogP contribution in [0.5, 0.6) is 11.5 Å². The lowest BCUT2D eigenvalue weighted by Crippen LogP contribution is -3.00. The highest BCUT2D eigenvalue weighted by Crippen LogP contribution is 2.26. The van der Waals surface area contributed by atoms with Gasteiger partial charge in [0.25, 0.3) is 0 Å². The van der Waals surface area contributed by atoms with Crippen LogP contribution >= 0.6 is 0 Å². The van der Waals surface area contributed by atoms with Gasteiger partial charge >= 0.3 is 0 Å². The minimum Gasteiger partial charge on any atom is -1.00 e. The minimum atomic E-state index is 0. The van der Waals surface area contributed by atoms with Crippen molar-refractivity contribution in [2.75, 3.05) is 14.2 Å². The molecule has 1 saturated carbocycles. The summed E-state index contributed by atoms with van der Waals surface area (Å²) in [6.07, 6.45) is 2.61. The summed E-state index contributed by atoms with van der Waals surface area (Å²) in [5, 5.41) is 3.46. The van der Waals surface area contributed by atoms with Gasteiger partial charge in [-0.3, -0.25) is 0 Å². The molecule has 90 valence electrons. The van der Waals surface area contributed by atoms with Gasteiger partial charge in [-0.2, -0.15) is 0 Å². The fourth-order valence-electron chi connectivity index (χ4n) is 1.54. The van der Waals surface area contributed by atoms with Gasteiger partial charge in [-0.25, -0.2) is 0 Å². The molecule has 1 aromatic carbocycles. The van der Waals surface area contributed by atoms with E-state index in [2.05, 4.69) is 5.32 Å². The van der Waals surface area contributed by atoms with E-state index in [1.54, 1.807) is 14.2 Å². The van der Waals surface area contributed by atoms with E-state index in [-0.39, 0.29) is 12.4 Å². The molecule has 0 radical (unpaired) electrons. The van der Waals surface area contributed by atoms with Gasteiger partial charge in [0.05, 0.1) is 14.2 Å². The van der Waals surface area contributed by atoms with E-state index >= 15 is 0 Å². The summed E-state index contributed by atoms with van der Waals surface area (Å²) in [5.41, 5.74) is 1.19. The normalized spacial score (nSPS) is 14.1. The maximum absolute atomic E-state index is 5.32. The Kier molecular flexibility index (Phi) is 4.90. The molecule has 0 spiro atoms. The molecular weight excluding hydrogens is 226 g/mol. The van der Waals surface area contributed by atoms with Crippen LogP contribution in [0.3, 0.4) is 0 Å². The fraction of sp³-hybridized carbons (Fsp3) is 0.500. The molecular formula is C12H17ClNO2-. The maximum Gasteiger partial charge on any atom is 0.127 e. The van der Waals surface area contributed by atoms with Gasteiger partial charge in [0.1, 0.15) is 11.5 Å². The second-order valence-electron chi connectivity index (χ2n) is 3.83. The van der Waals surface area contributed by atoms with Crippen LogP contribution in [-0.2, 0) is 6.54 Å². The van der Waals surface area contributed by atoms with Crippen LogP contribution in [0.25, 0.3) is 0 Å². The van der Waals surface area contributed by atoms with E-state index in [1.165, 1.54) is 18.4 Å². The van der Waals surface area contributed by atoms with Crippen molar-refractivity contribution in [2.24, 2.45) is 0 Å². The third-order valence-corrected chi connectivity index (χ3v) is 2.65. The Bertz CT molecular complexity index is 340. The molecule has 0 amide bonds. The molecule has 1 fully saturated rings. The van der Waals surface area contributed by atoms with Gasteiger partial charge in [0, 0.05) is 24.2 Å². The highest BCUT2D eigenvalue weighted by atomic mass is 35.5. The molecule has 3 nitrogen and oxygen atoms in total. The zero-order chi connectivity index (χ0) is 10.7. The van der Waals surface area contributed by atoms with Crippen LogP contribution in [-0.4, -0.2) is 20.3 Å². The summed E-state index contributed by atoms with van der Waals surface area (Å²) in [6, 6.07) is 6.65. The molecule has 0 aliphatic heterocycles. The maximum atomic E-state index is 5.32. The highest BCUT2D eigenvalue weighted by Gasteiger charge is 2.20. The first-order valence-electron chi connectivity index (χ1n) is 5.28. The predicted molar refractivity (Wildman–Crippen MR) is 59.4 cm³/mol. The van der Waals surface area contributed by atoms with Crippen molar-refractivity contribution in [3.8, 4) is 11.5 Å². The topological polar surface area (TPSA) is 30.5 Å².